The lowest BCUT2D eigenvalue weighted by molar-refractivity contribution is 0.100. The van der Waals surface area contributed by atoms with Gasteiger partial charge in [0.15, 0.2) is 0 Å². The number of aryl methyl sites for hydroxylation is 1. The predicted octanol–water partition coefficient (Wildman–Crippen LogP) is 3.24. The average molecular weight is 250 g/mol. The zero-order valence-electron chi connectivity index (χ0n) is 10.6. The molecule has 3 nitrogen and oxygen atoms in total. The van der Waals surface area contributed by atoms with E-state index in [1.165, 1.54) is 5.56 Å². The Morgan fingerprint density at radius 2 is 1.79 bits per heavy atom. The summed E-state index contributed by atoms with van der Waals surface area (Å²) in [5.41, 5.74) is 10.2. The van der Waals surface area contributed by atoms with Crippen LogP contribution in [0, 0.1) is 6.92 Å². The van der Waals surface area contributed by atoms with Crippen molar-refractivity contribution in [2.75, 3.05) is 0 Å². The standard InChI is InChI=1S/C16H14N2O/c1-10-2-4-11(5-3-10)12-8-14(16(17)19)13-6-7-18-15(13)9-12/h2-9,18H,1H3,(H2,17,19). The summed E-state index contributed by atoms with van der Waals surface area (Å²) in [5, 5.41) is 0.864. The van der Waals surface area contributed by atoms with E-state index in [0.717, 1.165) is 22.0 Å². The topological polar surface area (TPSA) is 58.9 Å². The zero-order chi connectivity index (χ0) is 13.4. The highest BCUT2D eigenvalue weighted by atomic mass is 16.1. The van der Waals surface area contributed by atoms with Crippen LogP contribution in [-0.4, -0.2) is 10.9 Å². The number of amides is 1. The highest BCUT2D eigenvalue weighted by molar-refractivity contribution is 6.07. The highest BCUT2D eigenvalue weighted by Gasteiger charge is 2.10. The molecule has 19 heavy (non-hydrogen) atoms. The summed E-state index contributed by atoms with van der Waals surface area (Å²) in [6, 6.07) is 14.0. The molecule has 0 saturated heterocycles. The summed E-state index contributed by atoms with van der Waals surface area (Å²) < 4.78 is 0. The van der Waals surface area contributed by atoms with E-state index in [0.29, 0.717) is 5.56 Å². The fourth-order valence-electron chi connectivity index (χ4n) is 2.28. The maximum absolute atomic E-state index is 11.6. The number of nitrogens with one attached hydrogen (secondary N) is 1. The lowest BCUT2D eigenvalue weighted by Crippen LogP contribution is -2.11. The number of primary amides is 1. The molecule has 2 aromatic carbocycles. The number of fused-ring (bicyclic) bond motifs is 1. The molecule has 0 bridgehead atoms. The molecule has 3 heteroatoms. The van der Waals surface area contributed by atoms with Gasteiger partial charge in [-0.05, 0) is 36.2 Å². The molecule has 0 aliphatic carbocycles. The van der Waals surface area contributed by atoms with Crippen LogP contribution in [0.4, 0.5) is 0 Å². The first-order valence-electron chi connectivity index (χ1n) is 6.13. The minimum atomic E-state index is -0.404. The van der Waals surface area contributed by atoms with Crippen LogP contribution in [0.1, 0.15) is 15.9 Å². The molecule has 0 saturated carbocycles. The summed E-state index contributed by atoms with van der Waals surface area (Å²) in [6.07, 6.45) is 1.82. The summed E-state index contributed by atoms with van der Waals surface area (Å²) in [6.45, 7) is 2.05. The number of benzene rings is 2. The summed E-state index contributed by atoms with van der Waals surface area (Å²) in [4.78, 5) is 14.7. The van der Waals surface area contributed by atoms with E-state index < -0.39 is 5.91 Å². The molecule has 1 amide bonds. The molecule has 1 heterocycles. The van der Waals surface area contributed by atoms with Crippen molar-refractivity contribution in [3.63, 3.8) is 0 Å². The third kappa shape index (κ3) is 1.99. The molecule has 0 aliphatic heterocycles. The first-order valence-corrected chi connectivity index (χ1v) is 6.13. The van der Waals surface area contributed by atoms with E-state index in [1.807, 2.05) is 43.5 Å². The largest absolute Gasteiger partial charge is 0.366 e. The molecule has 0 atom stereocenters. The average Bonchev–Trinajstić information content (AvgIpc) is 2.86. The second kappa shape index (κ2) is 4.28. The van der Waals surface area contributed by atoms with Crippen molar-refractivity contribution in [2.24, 2.45) is 5.73 Å². The van der Waals surface area contributed by atoms with Gasteiger partial charge in [0.1, 0.15) is 0 Å². The van der Waals surface area contributed by atoms with Crippen molar-refractivity contribution in [1.29, 1.82) is 0 Å². The number of hydrogen-bond acceptors (Lipinski definition) is 1. The number of aromatic nitrogens is 1. The van der Waals surface area contributed by atoms with E-state index in [2.05, 4.69) is 17.1 Å². The first kappa shape index (κ1) is 11.5. The number of nitrogens with two attached hydrogens (primary N) is 1. The number of carbonyl (C=O) groups excluding carboxylic acids is 1. The van der Waals surface area contributed by atoms with E-state index >= 15 is 0 Å². The summed E-state index contributed by atoms with van der Waals surface area (Å²) >= 11 is 0. The number of carbonyl (C=O) groups is 1. The van der Waals surface area contributed by atoms with Gasteiger partial charge in [0.25, 0.3) is 0 Å². The molecule has 0 spiro atoms. The van der Waals surface area contributed by atoms with Crippen molar-refractivity contribution in [3.05, 3.63) is 59.8 Å². The van der Waals surface area contributed by atoms with Gasteiger partial charge in [0.05, 0.1) is 0 Å². The Morgan fingerprint density at radius 1 is 1.05 bits per heavy atom. The Hall–Kier alpha value is -2.55. The van der Waals surface area contributed by atoms with Crippen LogP contribution in [0.25, 0.3) is 22.0 Å². The number of rotatable bonds is 2. The van der Waals surface area contributed by atoms with Crippen molar-refractivity contribution >= 4 is 16.8 Å². The van der Waals surface area contributed by atoms with E-state index in [4.69, 9.17) is 5.73 Å². The zero-order valence-corrected chi connectivity index (χ0v) is 10.6. The molecule has 1 aromatic heterocycles. The van der Waals surface area contributed by atoms with Crippen LogP contribution < -0.4 is 5.73 Å². The maximum Gasteiger partial charge on any atom is 0.249 e. The fourth-order valence-corrected chi connectivity index (χ4v) is 2.28. The normalized spacial score (nSPS) is 10.8. The Bertz CT molecular complexity index is 754. The van der Waals surface area contributed by atoms with E-state index in [9.17, 15) is 4.79 Å². The van der Waals surface area contributed by atoms with Gasteiger partial charge in [-0.25, -0.2) is 0 Å². The van der Waals surface area contributed by atoms with Gasteiger partial charge < -0.3 is 10.7 Å². The van der Waals surface area contributed by atoms with Gasteiger partial charge in [-0.1, -0.05) is 29.8 Å². The molecule has 94 valence electrons. The Morgan fingerprint density at radius 3 is 2.47 bits per heavy atom. The third-order valence-corrected chi connectivity index (χ3v) is 3.32. The monoisotopic (exact) mass is 250 g/mol. The second-order valence-corrected chi connectivity index (χ2v) is 4.69. The van der Waals surface area contributed by atoms with Gasteiger partial charge in [-0.15, -0.1) is 0 Å². The van der Waals surface area contributed by atoms with Crippen LogP contribution in [-0.2, 0) is 0 Å². The lowest BCUT2D eigenvalue weighted by Gasteiger charge is -2.06. The SMILES string of the molecule is Cc1ccc(-c2cc(C(N)=O)c3cc[nH]c3c2)cc1. The summed E-state index contributed by atoms with van der Waals surface area (Å²) in [5.74, 6) is -0.404. The van der Waals surface area contributed by atoms with Crippen LogP contribution in [0.3, 0.4) is 0 Å². The molecular formula is C16H14N2O. The van der Waals surface area contributed by atoms with Gasteiger partial charge in [0, 0.05) is 22.7 Å². The van der Waals surface area contributed by atoms with Crippen LogP contribution >= 0.6 is 0 Å². The van der Waals surface area contributed by atoms with Crippen molar-refractivity contribution in [1.82, 2.24) is 4.98 Å². The third-order valence-electron chi connectivity index (χ3n) is 3.32. The fraction of sp³-hybridized carbons (Fsp3) is 0.0625. The maximum atomic E-state index is 11.6. The van der Waals surface area contributed by atoms with Crippen LogP contribution in [0.2, 0.25) is 0 Å². The van der Waals surface area contributed by atoms with Crippen molar-refractivity contribution in [2.45, 2.75) is 6.92 Å². The summed E-state index contributed by atoms with van der Waals surface area (Å²) in [7, 11) is 0. The minimum absolute atomic E-state index is 0.404. The smallest absolute Gasteiger partial charge is 0.249 e. The second-order valence-electron chi connectivity index (χ2n) is 4.69. The Balaban J connectivity index is 2.24. The van der Waals surface area contributed by atoms with Crippen LogP contribution in [0.15, 0.2) is 48.7 Å². The number of H-pyrrole nitrogens is 1. The number of aromatic amines is 1. The van der Waals surface area contributed by atoms with Crippen molar-refractivity contribution in [3.8, 4) is 11.1 Å². The van der Waals surface area contributed by atoms with Gasteiger partial charge in [0.2, 0.25) is 5.91 Å². The molecule has 0 fully saturated rings. The van der Waals surface area contributed by atoms with E-state index in [-0.39, 0.29) is 0 Å². The quantitative estimate of drug-likeness (QED) is 0.720. The molecule has 3 aromatic rings. The molecule has 3 rings (SSSR count). The Labute approximate surface area is 111 Å². The molecular weight excluding hydrogens is 236 g/mol. The van der Waals surface area contributed by atoms with Crippen LogP contribution in [0.5, 0.6) is 0 Å². The predicted molar refractivity (Wildman–Crippen MR) is 77.0 cm³/mol. The van der Waals surface area contributed by atoms with Crippen molar-refractivity contribution < 1.29 is 4.79 Å². The van der Waals surface area contributed by atoms with Gasteiger partial charge in [-0.2, -0.15) is 0 Å². The van der Waals surface area contributed by atoms with Gasteiger partial charge in [-0.3, -0.25) is 4.79 Å². The highest BCUT2D eigenvalue weighted by Crippen LogP contribution is 2.27. The molecule has 0 radical (unpaired) electrons. The minimum Gasteiger partial charge on any atom is -0.366 e. The first-order chi connectivity index (χ1) is 9.15. The lowest BCUT2D eigenvalue weighted by atomic mass is 9.99. The molecule has 3 N–H and O–H groups in total. The van der Waals surface area contributed by atoms with E-state index in [1.54, 1.807) is 0 Å². The number of hydrogen-bond donors (Lipinski definition) is 2. The molecule has 0 unspecified atom stereocenters. The van der Waals surface area contributed by atoms with Gasteiger partial charge >= 0.3 is 0 Å². The Kier molecular flexibility index (Phi) is 2.60. The molecule has 0 aliphatic rings.